The number of amides is 1. The Hall–Kier alpha value is -2.20. The summed E-state index contributed by atoms with van der Waals surface area (Å²) in [4.78, 5) is 21.7. The number of nitrogens with two attached hydrogens (primary N) is 1. The Bertz CT molecular complexity index is 726. The first-order valence-corrected chi connectivity index (χ1v) is 8.83. The highest BCUT2D eigenvalue weighted by Gasteiger charge is 2.26. The Morgan fingerprint density at radius 3 is 2.48 bits per heavy atom. The Kier molecular flexibility index (Phi) is 4.85. The Morgan fingerprint density at radius 2 is 2.00 bits per heavy atom. The number of carbonyl (C=O) groups excluding carboxylic acids is 1. The molecular weight excluding hydrogens is 324 g/mol. The lowest BCUT2D eigenvalue weighted by Crippen LogP contribution is -2.41. The summed E-state index contributed by atoms with van der Waals surface area (Å²) in [6.07, 6.45) is 2.25. The van der Waals surface area contributed by atoms with Gasteiger partial charge in [0.05, 0.1) is 11.2 Å². The molecule has 1 amide bonds. The summed E-state index contributed by atoms with van der Waals surface area (Å²) in [7, 11) is -3.21. The number of sulfonamides is 1. The first-order chi connectivity index (χ1) is 10.7. The van der Waals surface area contributed by atoms with Gasteiger partial charge in [0.2, 0.25) is 15.9 Å². The summed E-state index contributed by atoms with van der Waals surface area (Å²) in [5.74, 6) is -0.735. The molecule has 0 unspecified atom stereocenters. The molecule has 10 heteroatoms. The normalized spacial score (nSPS) is 16.9. The molecule has 1 heterocycles. The van der Waals surface area contributed by atoms with Gasteiger partial charge in [-0.1, -0.05) is 0 Å². The van der Waals surface area contributed by atoms with Gasteiger partial charge in [-0.2, -0.15) is 0 Å². The number of piperidine rings is 1. The van der Waals surface area contributed by atoms with Crippen LogP contribution >= 0.6 is 0 Å². The molecule has 3 N–H and O–H groups in total. The Labute approximate surface area is 133 Å². The number of nitrogens with zero attached hydrogens (tertiary/aromatic N) is 2. The van der Waals surface area contributed by atoms with E-state index in [1.165, 1.54) is 16.4 Å². The maximum absolute atomic E-state index is 11.5. The molecule has 0 spiro atoms. The van der Waals surface area contributed by atoms with Crippen molar-refractivity contribution in [2.75, 3.05) is 24.7 Å². The van der Waals surface area contributed by atoms with Crippen molar-refractivity contribution in [3.8, 4) is 0 Å². The van der Waals surface area contributed by atoms with Gasteiger partial charge in [0, 0.05) is 30.8 Å². The van der Waals surface area contributed by atoms with E-state index < -0.39 is 20.9 Å². The summed E-state index contributed by atoms with van der Waals surface area (Å²) in [6.45, 7) is 0.729. The monoisotopic (exact) mass is 342 g/mol. The molecule has 23 heavy (non-hydrogen) atoms. The lowest BCUT2D eigenvalue weighted by molar-refractivity contribution is -0.384. The molecular formula is C13H18N4O5S. The van der Waals surface area contributed by atoms with Gasteiger partial charge in [-0.25, -0.2) is 12.7 Å². The number of anilines is 1. The highest BCUT2D eigenvalue weighted by molar-refractivity contribution is 7.88. The van der Waals surface area contributed by atoms with Gasteiger partial charge in [0.15, 0.2) is 0 Å². The molecule has 0 atom stereocenters. The van der Waals surface area contributed by atoms with Crippen molar-refractivity contribution in [1.29, 1.82) is 0 Å². The minimum atomic E-state index is -3.21. The number of nitrogens with one attached hydrogen (secondary N) is 1. The van der Waals surface area contributed by atoms with Gasteiger partial charge in [-0.15, -0.1) is 0 Å². The van der Waals surface area contributed by atoms with Crippen LogP contribution in [0, 0.1) is 10.1 Å². The van der Waals surface area contributed by atoms with Gasteiger partial charge in [0.25, 0.3) is 5.69 Å². The Morgan fingerprint density at radius 1 is 1.39 bits per heavy atom. The molecule has 1 saturated heterocycles. The molecule has 0 bridgehead atoms. The minimum Gasteiger partial charge on any atom is -0.377 e. The molecule has 0 aromatic heterocycles. The lowest BCUT2D eigenvalue weighted by atomic mass is 10.1. The van der Waals surface area contributed by atoms with Crippen LogP contribution in [-0.4, -0.2) is 48.9 Å². The minimum absolute atomic E-state index is 0.0640. The van der Waals surface area contributed by atoms with E-state index in [1.54, 1.807) is 0 Å². The number of carbonyl (C=O) groups is 1. The number of hydrogen-bond donors (Lipinski definition) is 2. The smallest absolute Gasteiger partial charge is 0.293 e. The van der Waals surface area contributed by atoms with Crippen LogP contribution in [0.15, 0.2) is 18.2 Å². The van der Waals surface area contributed by atoms with Gasteiger partial charge in [0.1, 0.15) is 5.69 Å². The number of primary amides is 1. The summed E-state index contributed by atoms with van der Waals surface area (Å²) in [5.41, 5.74) is 5.25. The molecule has 0 radical (unpaired) electrons. The predicted molar refractivity (Wildman–Crippen MR) is 84.7 cm³/mol. The quantitative estimate of drug-likeness (QED) is 0.592. The van der Waals surface area contributed by atoms with Gasteiger partial charge in [-0.05, 0) is 25.0 Å². The molecule has 126 valence electrons. The summed E-state index contributed by atoms with van der Waals surface area (Å²) in [6, 6.07) is 3.92. The summed E-state index contributed by atoms with van der Waals surface area (Å²) < 4.78 is 24.3. The van der Waals surface area contributed by atoms with Gasteiger partial charge >= 0.3 is 0 Å². The highest BCUT2D eigenvalue weighted by atomic mass is 32.2. The number of nitro groups is 1. The van der Waals surface area contributed by atoms with E-state index >= 15 is 0 Å². The highest BCUT2D eigenvalue weighted by Crippen LogP contribution is 2.28. The first kappa shape index (κ1) is 17.2. The van der Waals surface area contributed by atoms with Crippen LogP contribution in [0.4, 0.5) is 11.4 Å². The van der Waals surface area contributed by atoms with Crippen LogP contribution in [0.3, 0.4) is 0 Å². The van der Waals surface area contributed by atoms with Gasteiger partial charge < -0.3 is 11.1 Å². The van der Waals surface area contributed by atoms with E-state index in [0.29, 0.717) is 25.9 Å². The fraction of sp³-hybridized carbons (Fsp3) is 0.462. The van der Waals surface area contributed by atoms with E-state index in [4.69, 9.17) is 5.73 Å². The topological polar surface area (TPSA) is 136 Å². The third-order valence-electron chi connectivity index (χ3n) is 3.76. The van der Waals surface area contributed by atoms with Crippen molar-refractivity contribution >= 4 is 27.3 Å². The van der Waals surface area contributed by atoms with Crippen molar-refractivity contribution in [1.82, 2.24) is 4.31 Å². The average Bonchev–Trinajstić information content (AvgIpc) is 2.46. The molecule has 1 aromatic rings. The zero-order chi connectivity index (χ0) is 17.2. The second-order valence-corrected chi connectivity index (χ2v) is 7.42. The van der Waals surface area contributed by atoms with Crippen molar-refractivity contribution < 1.29 is 18.1 Å². The number of benzene rings is 1. The maximum atomic E-state index is 11.5. The van der Waals surface area contributed by atoms with E-state index in [0.717, 1.165) is 12.3 Å². The molecule has 1 fully saturated rings. The Balaban J connectivity index is 2.12. The van der Waals surface area contributed by atoms with Crippen molar-refractivity contribution in [2.45, 2.75) is 18.9 Å². The van der Waals surface area contributed by atoms with Gasteiger partial charge in [-0.3, -0.25) is 14.9 Å². The van der Waals surface area contributed by atoms with E-state index in [9.17, 15) is 23.3 Å². The molecule has 1 aliphatic rings. The largest absolute Gasteiger partial charge is 0.377 e. The van der Waals surface area contributed by atoms with Crippen molar-refractivity contribution in [3.05, 3.63) is 33.9 Å². The van der Waals surface area contributed by atoms with Crippen LogP contribution in [0.1, 0.15) is 23.2 Å². The molecule has 0 saturated carbocycles. The van der Waals surface area contributed by atoms with E-state index in [1.807, 2.05) is 0 Å². The second-order valence-electron chi connectivity index (χ2n) is 5.43. The summed E-state index contributed by atoms with van der Waals surface area (Å²) >= 11 is 0. The standard InChI is InChI=1S/C13H18N4O5S/c1-23(21,22)16-6-4-10(5-7-16)15-11-3-2-9(13(14)18)8-12(11)17(19)20/h2-3,8,10,15H,4-7H2,1H3,(H2,14,18). The van der Waals surface area contributed by atoms with E-state index in [-0.39, 0.29) is 23.0 Å². The maximum Gasteiger partial charge on any atom is 0.293 e. The zero-order valence-electron chi connectivity index (χ0n) is 12.6. The van der Waals surface area contributed by atoms with Crippen molar-refractivity contribution in [3.63, 3.8) is 0 Å². The van der Waals surface area contributed by atoms with Crippen molar-refractivity contribution in [2.24, 2.45) is 5.73 Å². The van der Waals surface area contributed by atoms with Crippen LogP contribution in [0.25, 0.3) is 0 Å². The van der Waals surface area contributed by atoms with Crippen LogP contribution in [0.2, 0.25) is 0 Å². The zero-order valence-corrected chi connectivity index (χ0v) is 13.4. The summed E-state index contributed by atoms with van der Waals surface area (Å²) in [5, 5.41) is 14.2. The number of hydrogen-bond acceptors (Lipinski definition) is 6. The molecule has 2 rings (SSSR count). The lowest BCUT2D eigenvalue weighted by Gasteiger charge is -2.31. The molecule has 0 aliphatic carbocycles. The third-order valence-corrected chi connectivity index (χ3v) is 5.06. The fourth-order valence-electron chi connectivity index (χ4n) is 2.51. The van der Waals surface area contributed by atoms with Crippen LogP contribution < -0.4 is 11.1 Å². The second kappa shape index (κ2) is 6.50. The number of rotatable bonds is 5. The number of nitro benzene ring substituents is 1. The predicted octanol–water partition coefficient (Wildman–Crippen LogP) is 0.530. The molecule has 1 aromatic carbocycles. The van der Waals surface area contributed by atoms with Crippen LogP contribution in [-0.2, 0) is 10.0 Å². The average molecular weight is 342 g/mol. The fourth-order valence-corrected chi connectivity index (χ4v) is 3.38. The SMILES string of the molecule is CS(=O)(=O)N1CCC(Nc2ccc(C(N)=O)cc2[N+](=O)[O-])CC1. The molecule has 9 nitrogen and oxygen atoms in total. The first-order valence-electron chi connectivity index (χ1n) is 6.98. The third kappa shape index (κ3) is 4.17. The van der Waals surface area contributed by atoms with E-state index in [2.05, 4.69) is 5.32 Å². The molecule has 1 aliphatic heterocycles. The van der Waals surface area contributed by atoms with Crippen LogP contribution in [0.5, 0.6) is 0 Å².